The first kappa shape index (κ1) is 22.7. The van der Waals surface area contributed by atoms with Gasteiger partial charge in [-0.2, -0.15) is 0 Å². The van der Waals surface area contributed by atoms with E-state index in [2.05, 4.69) is 0 Å². The van der Waals surface area contributed by atoms with Crippen molar-refractivity contribution < 1.29 is 36.2 Å². The van der Waals surface area contributed by atoms with E-state index in [9.17, 15) is 9.59 Å². The highest BCUT2D eigenvalue weighted by Crippen LogP contribution is 1.70. The Bertz CT molecular complexity index is 121. The lowest BCUT2D eigenvalue weighted by molar-refractivity contribution is -0.134. The number of hydrogen-bond donors (Lipinski definition) is 2. The molecule has 11 heavy (non-hydrogen) atoms. The fourth-order valence-corrected chi connectivity index (χ4v) is 0.143. The summed E-state index contributed by atoms with van der Waals surface area (Å²) in [5, 5.41) is 15.6. The van der Waals surface area contributed by atoms with Gasteiger partial charge in [0, 0.05) is 12.2 Å². The van der Waals surface area contributed by atoms with Gasteiger partial charge in [0.15, 0.2) is 0 Å². The minimum Gasteiger partial charge on any atom is -0.478 e. The molecule has 0 saturated carbocycles. The summed E-state index contributed by atoms with van der Waals surface area (Å²) in [6.07, 6.45) is 1.12. The molecule has 0 fully saturated rings. The number of carboxylic acids is 2. The normalized spacial score (nSPS) is 6.91. The first-order valence-electron chi connectivity index (χ1n) is 1.77. The Morgan fingerprint density at radius 2 is 1.00 bits per heavy atom. The van der Waals surface area contributed by atoms with Crippen molar-refractivity contribution in [3.05, 3.63) is 12.2 Å². The van der Waals surface area contributed by atoms with Gasteiger partial charge in [-0.3, -0.25) is 0 Å². The molecule has 0 atom stereocenters. The molecular weight excluding hydrogens is 160 g/mol. The van der Waals surface area contributed by atoms with Crippen LogP contribution in [0.4, 0.5) is 0 Å². The average Bonchev–Trinajstić information content (AvgIpc) is 1.61. The molecule has 0 saturated heterocycles. The van der Waals surface area contributed by atoms with Gasteiger partial charge in [0.25, 0.3) is 0 Å². The monoisotopic (exact) mass is 170 g/mol. The summed E-state index contributed by atoms with van der Waals surface area (Å²) in [4.78, 5) is 19.1. The van der Waals surface area contributed by atoms with Crippen LogP contribution in [0.15, 0.2) is 12.2 Å². The second kappa shape index (κ2) is 11.4. The predicted molar refractivity (Wildman–Crippen MR) is 35.3 cm³/mol. The Labute approximate surface area is 61.5 Å². The van der Waals surface area contributed by atoms with Crippen LogP contribution in [0.3, 0.4) is 0 Å². The molecule has 0 aromatic carbocycles. The Kier molecular flexibility index (Phi) is 23.4. The van der Waals surface area contributed by atoms with Crippen molar-refractivity contribution in [1.82, 2.24) is 0 Å². The van der Waals surface area contributed by atoms with Crippen LogP contribution in [-0.4, -0.2) is 38.6 Å². The summed E-state index contributed by atoms with van der Waals surface area (Å²) in [5.74, 6) is -2.51. The van der Waals surface area contributed by atoms with Crippen LogP contribution in [0.2, 0.25) is 0 Å². The number of rotatable bonds is 2. The molecule has 0 unspecified atom stereocenters. The molecule has 68 valence electrons. The zero-order valence-electron chi connectivity index (χ0n) is 5.37. The summed E-state index contributed by atoms with van der Waals surface area (Å²) in [6, 6.07) is 0. The van der Waals surface area contributed by atoms with Crippen molar-refractivity contribution >= 4 is 11.9 Å². The lowest BCUT2D eigenvalue weighted by atomic mass is 10.5. The number of carbonyl (C=O) groups is 2. The van der Waals surface area contributed by atoms with Crippen LogP contribution in [0.25, 0.3) is 0 Å². The van der Waals surface area contributed by atoms with E-state index in [0.29, 0.717) is 12.2 Å². The summed E-state index contributed by atoms with van der Waals surface area (Å²) in [6.45, 7) is 0. The Hall–Kier alpha value is -1.44. The maximum Gasteiger partial charge on any atom is 0.328 e. The maximum atomic E-state index is 9.55. The SMILES string of the molecule is O.O.O.O=C(O)/C=C/C(=O)O. The molecule has 7 heteroatoms. The Morgan fingerprint density at radius 3 is 1.09 bits per heavy atom. The van der Waals surface area contributed by atoms with Gasteiger partial charge in [0.1, 0.15) is 0 Å². The van der Waals surface area contributed by atoms with Gasteiger partial charge in [-0.15, -0.1) is 0 Å². The second-order valence-electron chi connectivity index (χ2n) is 1.01. The lowest BCUT2D eigenvalue weighted by Crippen LogP contribution is -1.91. The fourth-order valence-electron chi connectivity index (χ4n) is 0.143. The van der Waals surface area contributed by atoms with Crippen molar-refractivity contribution in [1.29, 1.82) is 0 Å². The van der Waals surface area contributed by atoms with E-state index in [1.165, 1.54) is 0 Å². The van der Waals surface area contributed by atoms with Crippen molar-refractivity contribution in [2.45, 2.75) is 0 Å². The second-order valence-corrected chi connectivity index (χ2v) is 1.01. The average molecular weight is 170 g/mol. The van der Waals surface area contributed by atoms with Gasteiger partial charge in [-0.05, 0) is 0 Å². The predicted octanol–water partition coefficient (Wildman–Crippen LogP) is -2.76. The summed E-state index contributed by atoms with van der Waals surface area (Å²) in [5.41, 5.74) is 0. The van der Waals surface area contributed by atoms with E-state index in [1.54, 1.807) is 0 Å². The molecule has 0 aliphatic carbocycles. The van der Waals surface area contributed by atoms with Crippen LogP contribution in [0, 0.1) is 0 Å². The molecule has 8 N–H and O–H groups in total. The Morgan fingerprint density at radius 1 is 0.818 bits per heavy atom. The van der Waals surface area contributed by atoms with E-state index in [0.717, 1.165) is 0 Å². The largest absolute Gasteiger partial charge is 0.478 e. The molecule has 0 radical (unpaired) electrons. The maximum absolute atomic E-state index is 9.55. The molecule has 0 spiro atoms. The zero-order chi connectivity index (χ0) is 6.57. The van der Waals surface area contributed by atoms with Gasteiger partial charge < -0.3 is 26.6 Å². The molecule has 0 aromatic rings. The number of aliphatic carboxylic acids is 2. The van der Waals surface area contributed by atoms with E-state index in [1.807, 2.05) is 0 Å². The molecule has 0 bridgehead atoms. The molecule has 0 rings (SSSR count). The van der Waals surface area contributed by atoms with Crippen LogP contribution in [0.1, 0.15) is 0 Å². The summed E-state index contributed by atoms with van der Waals surface area (Å²) >= 11 is 0. The number of hydrogen-bond acceptors (Lipinski definition) is 2. The molecule has 0 heterocycles. The third kappa shape index (κ3) is 29.1. The lowest BCUT2D eigenvalue weighted by Gasteiger charge is -1.74. The van der Waals surface area contributed by atoms with Crippen LogP contribution >= 0.6 is 0 Å². The fraction of sp³-hybridized carbons (Fsp3) is 0. The van der Waals surface area contributed by atoms with Gasteiger partial charge in [-0.1, -0.05) is 0 Å². The van der Waals surface area contributed by atoms with Gasteiger partial charge in [0.2, 0.25) is 0 Å². The minimum atomic E-state index is -1.26. The van der Waals surface area contributed by atoms with Crippen LogP contribution in [0.5, 0.6) is 0 Å². The minimum absolute atomic E-state index is 0. The summed E-state index contributed by atoms with van der Waals surface area (Å²) in [7, 11) is 0. The van der Waals surface area contributed by atoms with E-state index in [4.69, 9.17) is 10.2 Å². The first-order chi connectivity index (χ1) is 3.63. The van der Waals surface area contributed by atoms with E-state index >= 15 is 0 Å². The van der Waals surface area contributed by atoms with Crippen molar-refractivity contribution in [2.24, 2.45) is 0 Å². The van der Waals surface area contributed by atoms with E-state index < -0.39 is 11.9 Å². The first-order valence-corrected chi connectivity index (χ1v) is 1.77. The smallest absolute Gasteiger partial charge is 0.328 e. The van der Waals surface area contributed by atoms with Crippen molar-refractivity contribution in [3.8, 4) is 0 Å². The highest BCUT2D eigenvalue weighted by Gasteiger charge is 1.88. The van der Waals surface area contributed by atoms with Crippen LogP contribution in [-0.2, 0) is 9.59 Å². The van der Waals surface area contributed by atoms with Crippen LogP contribution < -0.4 is 0 Å². The standard InChI is InChI=1S/C4H4O4.3H2O/c5-3(6)1-2-4(7)8;;;/h1-2H,(H,5,6)(H,7,8);3*1H2/b2-1+;;;. The molecule has 0 amide bonds. The zero-order valence-corrected chi connectivity index (χ0v) is 5.37. The van der Waals surface area contributed by atoms with E-state index in [-0.39, 0.29) is 16.4 Å². The van der Waals surface area contributed by atoms with Gasteiger partial charge in [0.05, 0.1) is 0 Å². The highest BCUT2D eigenvalue weighted by molar-refractivity contribution is 5.89. The molecule has 0 aromatic heterocycles. The third-order valence-corrected chi connectivity index (χ3v) is 0.368. The molecule has 0 aliphatic heterocycles. The van der Waals surface area contributed by atoms with Gasteiger partial charge in [-0.25, -0.2) is 9.59 Å². The Balaban J connectivity index is -0.0000000817. The topological polar surface area (TPSA) is 169 Å². The quantitative estimate of drug-likeness (QED) is 0.428. The molecular formula is C4H10O7. The molecule has 0 aliphatic rings. The number of carboxylic acid groups (broad SMARTS) is 2. The highest BCUT2D eigenvalue weighted by atomic mass is 16.4. The third-order valence-electron chi connectivity index (χ3n) is 0.368. The van der Waals surface area contributed by atoms with Crippen molar-refractivity contribution in [2.75, 3.05) is 0 Å². The van der Waals surface area contributed by atoms with Crippen molar-refractivity contribution in [3.63, 3.8) is 0 Å². The van der Waals surface area contributed by atoms with Gasteiger partial charge >= 0.3 is 11.9 Å². The summed E-state index contributed by atoms with van der Waals surface area (Å²) < 4.78 is 0. The molecule has 7 nitrogen and oxygen atoms in total.